The number of carbonyl (C=O) groups excluding carboxylic acids is 1. The number of sulfone groups is 1. The van der Waals surface area contributed by atoms with E-state index in [2.05, 4.69) is 0 Å². The van der Waals surface area contributed by atoms with E-state index in [1.165, 1.54) is 13.4 Å². The average molecular weight is 622 g/mol. The minimum absolute atomic E-state index is 0.268. The summed E-state index contributed by atoms with van der Waals surface area (Å²) in [6.45, 7) is 0.787. The predicted octanol–water partition coefficient (Wildman–Crippen LogP) is 7.34. The molecule has 0 aliphatic carbocycles. The third kappa shape index (κ3) is 6.85. The van der Waals surface area contributed by atoms with Gasteiger partial charge in [-0.15, -0.1) is 0 Å². The van der Waals surface area contributed by atoms with Crippen LogP contribution in [0.3, 0.4) is 0 Å². The van der Waals surface area contributed by atoms with Crippen LogP contribution in [0.4, 0.5) is 0 Å². The van der Waals surface area contributed by atoms with Crippen LogP contribution in [0.1, 0.15) is 21.5 Å². The summed E-state index contributed by atoms with van der Waals surface area (Å²) >= 11 is 12.6. The first-order valence-electron chi connectivity index (χ1n) is 12.8. The van der Waals surface area contributed by atoms with Gasteiger partial charge in [0.25, 0.3) is 0 Å². The number of imidazole rings is 1. The zero-order chi connectivity index (χ0) is 29.9. The number of hydrogen-bond donors (Lipinski definition) is 0. The number of hydrogen-bond acceptors (Lipinski definition) is 6. The molecule has 10 heteroatoms. The summed E-state index contributed by atoms with van der Waals surface area (Å²) < 4.78 is 36.1. The molecule has 0 atom stereocenters. The molecule has 0 bridgehead atoms. The molecule has 0 amide bonds. The van der Waals surface area contributed by atoms with Crippen LogP contribution in [-0.2, 0) is 27.7 Å². The van der Waals surface area contributed by atoms with Gasteiger partial charge in [-0.05, 0) is 77.9 Å². The summed E-state index contributed by atoms with van der Waals surface area (Å²) in [4.78, 5) is 17.0. The number of halogens is 2. The molecule has 0 fully saturated rings. The number of carbonyl (C=O) groups is 1. The first kappa shape index (κ1) is 29.4. The number of rotatable bonds is 9. The van der Waals surface area contributed by atoms with E-state index in [0.717, 1.165) is 28.1 Å². The minimum atomic E-state index is -3.25. The maximum Gasteiger partial charge on any atom is 0.337 e. The van der Waals surface area contributed by atoms with Crippen molar-refractivity contribution in [2.24, 2.45) is 0 Å². The van der Waals surface area contributed by atoms with Crippen molar-refractivity contribution in [1.82, 2.24) is 9.55 Å². The van der Waals surface area contributed by atoms with Gasteiger partial charge in [0.1, 0.15) is 18.2 Å². The third-order valence-electron chi connectivity index (χ3n) is 6.58. The number of esters is 1. The SMILES string of the molecule is COC(=O)c1ccc(Cn2cc(-c3ccc(Cl)cc3Cl)nc2-c2ccc(OCc3ccc(S(C)(=O)=O)cc3)cc2)cc1. The second-order valence-corrected chi connectivity index (χ2v) is 12.5. The highest BCUT2D eigenvalue weighted by molar-refractivity contribution is 7.90. The molecule has 1 aromatic heterocycles. The first-order chi connectivity index (χ1) is 20.1. The molecule has 0 aliphatic rings. The Labute approximate surface area is 254 Å². The summed E-state index contributed by atoms with van der Waals surface area (Å²) in [5.41, 5.74) is 4.60. The van der Waals surface area contributed by atoms with Gasteiger partial charge in [0.15, 0.2) is 9.84 Å². The molecule has 0 spiro atoms. The molecular weight excluding hydrogens is 595 g/mol. The summed E-state index contributed by atoms with van der Waals surface area (Å²) in [7, 11) is -1.90. The van der Waals surface area contributed by atoms with Crippen molar-refractivity contribution in [3.8, 4) is 28.4 Å². The van der Waals surface area contributed by atoms with E-state index in [1.54, 1.807) is 48.5 Å². The molecule has 0 aliphatic heterocycles. The Balaban J connectivity index is 1.40. The largest absolute Gasteiger partial charge is 0.489 e. The molecule has 0 N–H and O–H groups in total. The molecular formula is C32H26Cl2N2O5S. The monoisotopic (exact) mass is 620 g/mol. The first-order valence-corrected chi connectivity index (χ1v) is 15.5. The van der Waals surface area contributed by atoms with Gasteiger partial charge in [-0.25, -0.2) is 18.2 Å². The lowest BCUT2D eigenvalue weighted by Gasteiger charge is -2.10. The molecule has 4 aromatic carbocycles. The molecule has 7 nitrogen and oxygen atoms in total. The zero-order valence-electron chi connectivity index (χ0n) is 22.8. The lowest BCUT2D eigenvalue weighted by Crippen LogP contribution is -2.04. The quantitative estimate of drug-likeness (QED) is 0.160. The van der Waals surface area contributed by atoms with E-state index in [4.69, 9.17) is 37.7 Å². The topological polar surface area (TPSA) is 87.5 Å². The second kappa shape index (κ2) is 12.4. The summed E-state index contributed by atoms with van der Waals surface area (Å²) in [5, 5.41) is 1.03. The van der Waals surface area contributed by atoms with Crippen LogP contribution >= 0.6 is 23.2 Å². The Bertz CT molecular complexity index is 1830. The van der Waals surface area contributed by atoms with Crippen LogP contribution in [0.2, 0.25) is 10.0 Å². The van der Waals surface area contributed by atoms with E-state index < -0.39 is 15.8 Å². The summed E-state index contributed by atoms with van der Waals surface area (Å²) in [6, 6.07) is 26.7. The fourth-order valence-corrected chi connectivity index (χ4v) is 5.49. The normalized spacial score (nSPS) is 11.3. The van der Waals surface area contributed by atoms with E-state index >= 15 is 0 Å². The molecule has 0 unspecified atom stereocenters. The van der Waals surface area contributed by atoms with Gasteiger partial charge in [-0.1, -0.05) is 47.5 Å². The Hall–Kier alpha value is -4.11. The fraction of sp³-hybridized carbons (Fsp3) is 0.125. The third-order valence-corrected chi connectivity index (χ3v) is 8.26. The average Bonchev–Trinajstić information content (AvgIpc) is 3.39. The van der Waals surface area contributed by atoms with Crippen LogP contribution in [0.25, 0.3) is 22.6 Å². The smallest absolute Gasteiger partial charge is 0.337 e. The Morgan fingerprint density at radius 3 is 2.17 bits per heavy atom. The van der Waals surface area contributed by atoms with Crippen molar-refractivity contribution in [3.05, 3.63) is 124 Å². The van der Waals surface area contributed by atoms with Crippen molar-refractivity contribution >= 4 is 39.0 Å². The highest BCUT2D eigenvalue weighted by atomic mass is 35.5. The van der Waals surface area contributed by atoms with Gasteiger partial charge < -0.3 is 14.0 Å². The van der Waals surface area contributed by atoms with Crippen molar-refractivity contribution < 1.29 is 22.7 Å². The van der Waals surface area contributed by atoms with E-state index in [1.807, 2.05) is 53.2 Å². The van der Waals surface area contributed by atoms with Gasteiger partial charge in [0, 0.05) is 35.1 Å². The van der Waals surface area contributed by atoms with Crippen LogP contribution < -0.4 is 4.74 Å². The number of methoxy groups -OCH3 is 1. The van der Waals surface area contributed by atoms with Gasteiger partial charge in [-0.2, -0.15) is 0 Å². The van der Waals surface area contributed by atoms with E-state index in [0.29, 0.717) is 40.2 Å². The highest BCUT2D eigenvalue weighted by Crippen LogP contribution is 2.33. The van der Waals surface area contributed by atoms with Gasteiger partial charge in [-0.3, -0.25) is 0 Å². The molecule has 1 heterocycles. The number of benzene rings is 4. The number of nitrogens with zero attached hydrogens (tertiary/aromatic N) is 2. The van der Waals surface area contributed by atoms with Gasteiger partial charge in [0.2, 0.25) is 0 Å². The summed E-state index contributed by atoms with van der Waals surface area (Å²) in [6.07, 6.45) is 3.11. The molecule has 5 rings (SSSR count). The van der Waals surface area contributed by atoms with Gasteiger partial charge >= 0.3 is 5.97 Å². The van der Waals surface area contributed by atoms with Crippen LogP contribution in [0, 0.1) is 0 Å². The highest BCUT2D eigenvalue weighted by Gasteiger charge is 2.15. The van der Waals surface area contributed by atoms with E-state index in [9.17, 15) is 13.2 Å². The maximum absolute atomic E-state index is 11.9. The molecule has 42 heavy (non-hydrogen) atoms. The molecule has 0 saturated carbocycles. The number of ether oxygens (including phenoxy) is 2. The molecule has 0 saturated heterocycles. The maximum atomic E-state index is 11.9. The van der Waals surface area contributed by atoms with Crippen LogP contribution in [0.15, 0.2) is 102 Å². The number of aromatic nitrogens is 2. The second-order valence-electron chi connectivity index (χ2n) is 9.62. The molecule has 5 aromatic rings. The predicted molar refractivity (Wildman–Crippen MR) is 164 cm³/mol. The zero-order valence-corrected chi connectivity index (χ0v) is 25.1. The van der Waals surface area contributed by atoms with E-state index in [-0.39, 0.29) is 4.90 Å². The molecule has 214 valence electrons. The Kier molecular flexibility index (Phi) is 8.68. The Morgan fingerprint density at radius 2 is 1.55 bits per heavy atom. The van der Waals surface area contributed by atoms with Crippen molar-refractivity contribution in [1.29, 1.82) is 0 Å². The van der Waals surface area contributed by atoms with Gasteiger partial charge in [0.05, 0.1) is 28.3 Å². The van der Waals surface area contributed by atoms with Crippen LogP contribution in [0.5, 0.6) is 5.75 Å². The fourth-order valence-electron chi connectivity index (χ4n) is 4.35. The standard InChI is InChI=1S/C32H26Cl2N2O5S/c1-40-32(37)24-7-3-21(4-8-24)18-36-19-30(28-16-11-25(33)17-29(28)34)35-31(36)23-9-12-26(13-10-23)41-20-22-5-14-27(15-6-22)42(2,38)39/h3-17,19H,18,20H2,1-2H3. The van der Waals surface area contributed by atoms with Crippen LogP contribution in [-0.4, -0.2) is 37.3 Å². The lowest BCUT2D eigenvalue weighted by atomic mass is 10.1. The summed E-state index contributed by atoms with van der Waals surface area (Å²) in [5.74, 6) is 0.983. The van der Waals surface area contributed by atoms with Crippen molar-refractivity contribution in [2.45, 2.75) is 18.0 Å². The minimum Gasteiger partial charge on any atom is -0.489 e. The van der Waals surface area contributed by atoms with Crippen molar-refractivity contribution in [3.63, 3.8) is 0 Å². The lowest BCUT2D eigenvalue weighted by molar-refractivity contribution is 0.0600. The molecule has 0 radical (unpaired) electrons. The Morgan fingerprint density at radius 1 is 0.881 bits per heavy atom. The van der Waals surface area contributed by atoms with Crippen molar-refractivity contribution in [2.75, 3.05) is 13.4 Å².